The van der Waals surface area contributed by atoms with Crippen LogP contribution in [0.4, 0.5) is 0 Å². The molecule has 0 saturated carbocycles. The Morgan fingerprint density at radius 2 is 2.17 bits per heavy atom. The van der Waals surface area contributed by atoms with Crippen LogP contribution >= 0.6 is 0 Å². The molecule has 0 spiro atoms. The highest BCUT2D eigenvalue weighted by Crippen LogP contribution is 2.44. The molecule has 2 heterocycles. The van der Waals surface area contributed by atoms with Gasteiger partial charge in [0.2, 0.25) is 0 Å². The van der Waals surface area contributed by atoms with E-state index in [1.807, 2.05) is 13.0 Å². The minimum atomic E-state index is -0.782. The van der Waals surface area contributed by atoms with Gasteiger partial charge in [0, 0.05) is 29.5 Å². The molecule has 0 aliphatic carbocycles. The van der Waals surface area contributed by atoms with Gasteiger partial charge in [-0.25, -0.2) is 0 Å². The number of carbonyl (C=O) groups is 1. The number of carboxylic acid groups (broad SMARTS) is 1. The first-order chi connectivity index (χ1) is 8.72. The van der Waals surface area contributed by atoms with Crippen LogP contribution in [0.15, 0.2) is 6.07 Å². The summed E-state index contributed by atoms with van der Waals surface area (Å²) in [5, 5.41) is 9.39. The molecule has 1 unspecified atom stereocenters. The summed E-state index contributed by atoms with van der Waals surface area (Å²) in [5.74, 6) is 0.381. The first kappa shape index (κ1) is 11.4. The van der Waals surface area contributed by atoms with Crippen LogP contribution in [-0.4, -0.2) is 24.3 Å². The zero-order chi connectivity index (χ0) is 12.7. The second kappa shape index (κ2) is 4.19. The first-order valence-electron chi connectivity index (χ1n) is 6.39. The maximum atomic E-state index is 11.4. The zero-order valence-electron chi connectivity index (χ0n) is 10.4. The first-order valence-corrected chi connectivity index (χ1v) is 6.39. The van der Waals surface area contributed by atoms with Gasteiger partial charge < -0.3 is 14.6 Å². The highest BCUT2D eigenvalue weighted by Gasteiger charge is 2.32. The lowest BCUT2D eigenvalue weighted by Crippen LogP contribution is -2.13. The predicted molar refractivity (Wildman–Crippen MR) is 65.5 cm³/mol. The SMILES string of the molecule is CCC(C(=O)O)c1c2c(cc3c1OCC3)OCC2. The van der Waals surface area contributed by atoms with Crippen molar-refractivity contribution in [3.05, 3.63) is 22.8 Å². The molecule has 3 rings (SSSR count). The van der Waals surface area contributed by atoms with Crippen LogP contribution in [0.5, 0.6) is 11.5 Å². The molecule has 1 aromatic rings. The molecule has 1 atom stereocenters. The molecule has 96 valence electrons. The molecule has 0 fully saturated rings. The number of fused-ring (bicyclic) bond motifs is 2. The lowest BCUT2D eigenvalue weighted by atomic mass is 9.88. The minimum absolute atomic E-state index is 0.492. The van der Waals surface area contributed by atoms with Gasteiger partial charge in [0.15, 0.2) is 0 Å². The van der Waals surface area contributed by atoms with Gasteiger partial charge in [-0.3, -0.25) is 4.79 Å². The third-order valence-electron chi connectivity index (χ3n) is 3.75. The van der Waals surface area contributed by atoms with Crippen molar-refractivity contribution in [1.29, 1.82) is 0 Å². The summed E-state index contributed by atoms with van der Waals surface area (Å²) in [5.41, 5.74) is 2.97. The van der Waals surface area contributed by atoms with Crippen LogP contribution in [0, 0.1) is 0 Å². The van der Waals surface area contributed by atoms with Gasteiger partial charge in [0.05, 0.1) is 19.1 Å². The molecule has 0 aromatic heterocycles. The second-order valence-corrected chi connectivity index (χ2v) is 4.75. The second-order valence-electron chi connectivity index (χ2n) is 4.75. The van der Waals surface area contributed by atoms with E-state index in [4.69, 9.17) is 9.47 Å². The van der Waals surface area contributed by atoms with Gasteiger partial charge in [0.1, 0.15) is 11.5 Å². The Bertz CT molecular complexity index is 475. The normalized spacial score (nSPS) is 17.6. The quantitative estimate of drug-likeness (QED) is 0.890. The van der Waals surface area contributed by atoms with Gasteiger partial charge in [-0.2, -0.15) is 0 Å². The van der Waals surface area contributed by atoms with E-state index < -0.39 is 11.9 Å². The zero-order valence-corrected chi connectivity index (χ0v) is 10.4. The minimum Gasteiger partial charge on any atom is -0.493 e. The monoisotopic (exact) mass is 248 g/mol. The van der Waals surface area contributed by atoms with E-state index in [1.54, 1.807) is 0 Å². The van der Waals surface area contributed by atoms with E-state index in [0.29, 0.717) is 19.6 Å². The van der Waals surface area contributed by atoms with Gasteiger partial charge in [-0.05, 0) is 12.5 Å². The van der Waals surface area contributed by atoms with Gasteiger partial charge in [-0.1, -0.05) is 6.92 Å². The average Bonchev–Trinajstić information content (AvgIpc) is 2.95. The number of carboxylic acids is 1. The highest BCUT2D eigenvalue weighted by atomic mass is 16.5. The molecule has 2 aliphatic heterocycles. The number of aliphatic carboxylic acids is 1. The van der Waals surface area contributed by atoms with Gasteiger partial charge in [-0.15, -0.1) is 0 Å². The van der Waals surface area contributed by atoms with Crippen molar-refractivity contribution in [1.82, 2.24) is 0 Å². The standard InChI is InChI=1S/C14H16O4/c1-2-9(14(15)16)12-10-4-6-17-11(10)7-8-3-5-18-13(8)12/h7,9H,2-6H2,1H3,(H,15,16). The summed E-state index contributed by atoms with van der Waals surface area (Å²) < 4.78 is 11.3. The van der Waals surface area contributed by atoms with E-state index in [-0.39, 0.29) is 0 Å². The molecule has 18 heavy (non-hydrogen) atoms. The molecule has 0 radical (unpaired) electrons. The van der Waals surface area contributed by atoms with Crippen LogP contribution in [-0.2, 0) is 17.6 Å². The Labute approximate surface area is 106 Å². The van der Waals surface area contributed by atoms with E-state index in [1.165, 1.54) is 0 Å². The van der Waals surface area contributed by atoms with Gasteiger partial charge in [0.25, 0.3) is 0 Å². The Balaban J connectivity index is 2.20. The fourth-order valence-corrected chi connectivity index (χ4v) is 2.89. The summed E-state index contributed by atoms with van der Waals surface area (Å²) in [6.07, 6.45) is 2.20. The average molecular weight is 248 g/mol. The summed E-state index contributed by atoms with van der Waals surface area (Å²) in [6, 6.07) is 2.02. The van der Waals surface area contributed by atoms with Gasteiger partial charge >= 0.3 is 5.97 Å². The fourth-order valence-electron chi connectivity index (χ4n) is 2.89. The molecule has 0 bridgehead atoms. The number of benzene rings is 1. The molecule has 4 heteroatoms. The van der Waals surface area contributed by atoms with Crippen LogP contribution in [0.3, 0.4) is 0 Å². The lowest BCUT2D eigenvalue weighted by molar-refractivity contribution is -0.138. The summed E-state index contributed by atoms with van der Waals surface area (Å²) in [4.78, 5) is 11.4. The van der Waals surface area contributed by atoms with Crippen molar-refractivity contribution in [3.63, 3.8) is 0 Å². The maximum Gasteiger partial charge on any atom is 0.311 e. The number of hydrogen-bond donors (Lipinski definition) is 1. The Morgan fingerprint density at radius 1 is 1.39 bits per heavy atom. The Kier molecular flexibility index (Phi) is 2.65. The summed E-state index contributed by atoms with van der Waals surface area (Å²) in [6.45, 7) is 3.18. The number of ether oxygens (including phenoxy) is 2. The molecule has 0 saturated heterocycles. The third-order valence-corrected chi connectivity index (χ3v) is 3.75. The maximum absolute atomic E-state index is 11.4. The number of rotatable bonds is 3. The van der Waals surface area contributed by atoms with Crippen LogP contribution in [0.25, 0.3) is 0 Å². The summed E-state index contributed by atoms with van der Waals surface area (Å²) >= 11 is 0. The van der Waals surface area contributed by atoms with Crippen molar-refractivity contribution < 1.29 is 19.4 Å². The fraction of sp³-hybridized carbons (Fsp3) is 0.500. The third kappa shape index (κ3) is 1.55. The smallest absolute Gasteiger partial charge is 0.311 e. The van der Waals surface area contributed by atoms with E-state index >= 15 is 0 Å². The topological polar surface area (TPSA) is 55.8 Å². The molecule has 0 amide bonds. The molecular formula is C14H16O4. The highest BCUT2D eigenvalue weighted by molar-refractivity contribution is 5.79. The molecule has 1 N–H and O–H groups in total. The van der Waals surface area contributed by atoms with Crippen molar-refractivity contribution in [2.75, 3.05) is 13.2 Å². The Hall–Kier alpha value is -1.71. The van der Waals surface area contributed by atoms with E-state index in [9.17, 15) is 9.90 Å². The molecular weight excluding hydrogens is 232 g/mol. The van der Waals surface area contributed by atoms with E-state index in [2.05, 4.69) is 0 Å². The van der Waals surface area contributed by atoms with Crippen LogP contribution in [0.2, 0.25) is 0 Å². The van der Waals surface area contributed by atoms with Crippen LogP contribution in [0.1, 0.15) is 36.0 Å². The summed E-state index contributed by atoms with van der Waals surface area (Å²) in [7, 11) is 0. The largest absolute Gasteiger partial charge is 0.493 e. The van der Waals surface area contributed by atoms with Crippen molar-refractivity contribution in [2.24, 2.45) is 0 Å². The molecule has 1 aromatic carbocycles. The lowest BCUT2D eigenvalue weighted by Gasteiger charge is -2.17. The Morgan fingerprint density at radius 3 is 2.89 bits per heavy atom. The predicted octanol–water partition coefficient (Wildman–Crippen LogP) is 2.13. The molecule has 4 nitrogen and oxygen atoms in total. The van der Waals surface area contributed by atoms with Crippen molar-refractivity contribution in [2.45, 2.75) is 32.1 Å². The van der Waals surface area contributed by atoms with Crippen molar-refractivity contribution >= 4 is 5.97 Å². The van der Waals surface area contributed by atoms with Crippen molar-refractivity contribution in [3.8, 4) is 11.5 Å². The number of hydrogen-bond acceptors (Lipinski definition) is 3. The van der Waals surface area contributed by atoms with Crippen LogP contribution < -0.4 is 9.47 Å². The molecule has 2 aliphatic rings. The van der Waals surface area contributed by atoms with E-state index in [0.717, 1.165) is 41.0 Å².